The lowest BCUT2D eigenvalue weighted by molar-refractivity contribution is -0.161. The van der Waals surface area contributed by atoms with Gasteiger partial charge in [0, 0.05) is 56.8 Å². The van der Waals surface area contributed by atoms with Crippen LogP contribution in [0.1, 0.15) is 72.1 Å². The number of aromatic nitrogens is 1. The van der Waals surface area contributed by atoms with Crippen LogP contribution in [0.25, 0.3) is 0 Å². The minimum Gasteiger partial charge on any atom is -0.449 e. The van der Waals surface area contributed by atoms with E-state index in [1.54, 1.807) is 0 Å². The van der Waals surface area contributed by atoms with Gasteiger partial charge in [-0.1, -0.05) is 20.8 Å². The molecule has 1 aromatic rings. The van der Waals surface area contributed by atoms with Crippen molar-refractivity contribution in [2.75, 3.05) is 44.8 Å². The lowest BCUT2D eigenvalue weighted by atomic mass is 9.45. The highest BCUT2D eigenvalue weighted by Crippen LogP contribution is 2.82. The molecule has 214 valence electrons. The number of ether oxygens (including phenoxy) is 2. The van der Waals surface area contributed by atoms with Crippen molar-refractivity contribution in [2.24, 2.45) is 51.8 Å². The van der Waals surface area contributed by atoms with Crippen LogP contribution in [-0.4, -0.2) is 62.0 Å². The molecular weight excluding hydrogens is 486 g/mol. The Labute approximate surface area is 235 Å². The molecule has 10 atom stereocenters. The number of anilines is 1. The lowest BCUT2D eigenvalue weighted by Crippen LogP contribution is -2.57. The maximum atomic E-state index is 13.0. The number of pyridine rings is 1. The fraction of sp³-hybridized carbons (Fsp3) is 0.818. The van der Waals surface area contributed by atoms with Crippen molar-refractivity contribution in [2.45, 2.75) is 78.2 Å². The summed E-state index contributed by atoms with van der Waals surface area (Å²) in [5.74, 6) is 4.47. The van der Waals surface area contributed by atoms with E-state index in [0.29, 0.717) is 53.9 Å². The molecule has 39 heavy (non-hydrogen) atoms. The Balaban J connectivity index is 0.970. The molecule has 1 aliphatic heterocycles. The number of amides is 1. The molecule has 6 nitrogen and oxygen atoms in total. The first-order chi connectivity index (χ1) is 18.8. The van der Waals surface area contributed by atoms with Crippen LogP contribution in [0.5, 0.6) is 0 Å². The van der Waals surface area contributed by atoms with Gasteiger partial charge in [-0.2, -0.15) is 0 Å². The first kappa shape index (κ1) is 26.1. The summed E-state index contributed by atoms with van der Waals surface area (Å²) in [7, 11) is 1.99. The van der Waals surface area contributed by atoms with Crippen LogP contribution in [0.4, 0.5) is 10.5 Å². The molecule has 2 unspecified atom stereocenters. The molecule has 0 N–H and O–H groups in total. The predicted octanol–water partition coefficient (Wildman–Crippen LogP) is 6.26. The molecule has 1 amide bonds. The Morgan fingerprint density at radius 1 is 1.05 bits per heavy atom. The van der Waals surface area contributed by atoms with Gasteiger partial charge in [0.05, 0.1) is 12.7 Å². The molecule has 5 aliphatic carbocycles. The highest BCUT2D eigenvalue weighted by atomic mass is 16.6. The third-order valence-corrected chi connectivity index (χ3v) is 13.6. The van der Waals surface area contributed by atoms with E-state index in [1.165, 1.54) is 57.1 Å². The third-order valence-electron chi connectivity index (χ3n) is 13.6. The van der Waals surface area contributed by atoms with Crippen molar-refractivity contribution in [1.29, 1.82) is 0 Å². The number of nitrogens with zero attached hydrogens (tertiary/aromatic N) is 3. The van der Waals surface area contributed by atoms with Crippen molar-refractivity contribution in [3.05, 3.63) is 24.5 Å². The SMILES string of the molecule is COC1C[C@H]2[C@@H]3CC[C@H](C(C)COC(=O)N4CCN(c5ccncc5)CC4)[C@@]3(C)CC[C@@H]2[C@@]2(C)CC[C@@H]3C[C@]132. The van der Waals surface area contributed by atoms with Gasteiger partial charge in [0.25, 0.3) is 0 Å². The molecule has 1 saturated heterocycles. The van der Waals surface area contributed by atoms with Crippen molar-refractivity contribution >= 4 is 11.8 Å². The molecule has 1 aromatic heterocycles. The maximum absolute atomic E-state index is 13.0. The second kappa shape index (κ2) is 9.36. The Kier molecular flexibility index (Phi) is 6.26. The number of fused-ring (bicyclic) bond motifs is 4. The minimum atomic E-state index is -0.131. The molecule has 6 heteroatoms. The number of carbonyl (C=O) groups excluding carboxylic acids is 1. The van der Waals surface area contributed by atoms with E-state index >= 15 is 0 Å². The van der Waals surface area contributed by atoms with Crippen LogP contribution < -0.4 is 4.90 Å². The van der Waals surface area contributed by atoms with Gasteiger partial charge in [-0.05, 0) is 110 Å². The molecule has 0 radical (unpaired) electrons. The average molecular weight is 536 g/mol. The monoisotopic (exact) mass is 535 g/mol. The minimum absolute atomic E-state index is 0.131. The molecular formula is C33H49N3O3. The highest BCUT2D eigenvalue weighted by Gasteiger charge is 2.77. The summed E-state index contributed by atoms with van der Waals surface area (Å²) in [6.07, 6.45) is 15.0. The Morgan fingerprint density at radius 2 is 1.82 bits per heavy atom. The van der Waals surface area contributed by atoms with Crippen LogP contribution in [0.3, 0.4) is 0 Å². The second-order valence-electron chi connectivity index (χ2n) is 14.7. The number of rotatable bonds is 5. The zero-order chi connectivity index (χ0) is 27.0. The first-order valence-electron chi connectivity index (χ1n) is 15.9. The van der Waals surface area contributed by atoms with Crippen LogP contribution in [0, 0.1) is 51.8 Å². The largest absolute Gasteiger partial charge is 0.449 e. The van der Waals surface area contributed by atoms with Crippen LogP contribution in [0.2, 0.25) is 0 Å². The van der Waals surface area contributed by atoms with Gasteiger partial charge in [-0.15, -0.1) is 0 Å². The second-order valence-corrected chi connectivity index (χ2v) is 14.7. The van der Waals surface area contributed by atoms with Crippen molar-refractivity contribution < 1.29 is 14.3 Å². The Hall–Kier alpha value is -1.82. The number of hydrogen-bond acceptors (Lipinski definition) is 5. The number of piperazine rings is 1. The number of methoxy groups -OCH3 is 1. The summed E-state index contributed by atoms with van der Waals surface area (Å²) in [5, 5.41) is 0. The van der Waals surface area contributed by atoms with Gasteiger partial charge in [-0.3, -0.25) is 4.98 Å². The molecule has 5 saturated carbocycles. The molecule has 6 fully saturated rings. The van der Waals surface area contributed by atoms with E-state index < -0.39 is 0 Å². The fourth-order valence-electron chi connectivity index (χ4n) is 11.7. The van der Waals surface area contributed by atoms with Gasteiger partial charge >= 0.3 is 6.09 Å². The standard InChI is InChI=1S/C33H49N3O3/c1-22(21-39-30(37)36-17-15-35(16-18-36)24-9-13-34-14-10-24)26-5-6-27-25-19-29(38-4)33-20-23(33)7-12-32(33,3)28(25)8-11-31(26,27)2/h9-10,13-14,22-23,25-29H,5-8,11-12,15-21H2,1-4H3/t22?,23-,25+,26-,27+,28+,29?,31-,32-,33-/m1/s1. The van der Waals surface area contributed by atoms with Gasteiger partial charge in [-0.25, -0.2) is 4.79 Å². The van der Waals surface area contributed by atoms with E-state index in [2.05, 4.69) is 30.7 Å². The molecule has 0 bridgehead atoms. The average Bonchev–Trinajstić information content (AvgIpc) is 3.47. The third kappa shape index (κ3) is 3.75. The zero-order valence-electron chi connectivity index (χ0n) is 24.6. The molecule has 2 heterocycles. The molecule has 6 aliphatic rings. The number of hydrogen-bond donors (Lipinski definition) is 0. The Morgan fingerprint density at radius 3 is 2.54 bits per heavy atom. The van der Waals surface area contributed by atoms with Gasteiger partial charge in [0.2, 0.25) is 0 Å². The summed E-state index contributed by atoms with van der Waals surface area (Å²) in [4.78, 5) is 21.3. The quantitative estimate of drug-likeness (QED) is 0.445. The summed E-state index contributed by atoms with van der Waals surface area (Å²) < 4.78 is 12.3. The van der Waals surface area contributed by atoms with E-state index in [0.717, 1.165) is 36.8 Å². The van der Waals surface area contributed by atoms with E-state index in [4.69, 9.17) is 9.47 Å². The van der Waals surface area contributed by atoms with Crippen molar-refractivity contribution in [3.8, 4) is 0 Å². The fourth-order valence-corrected chi connectivity index (χ4v) is 11.7. The Bertz CT molecular complexity index is 1080. The smallest absolute Gasteiger partial charge is 0.409 e. The lowest BCUT2D eigenvalue weighted by Gasteiger charge is -2.61. The van der Waals surface area contributed by atoms with Crippen LogP contribution in [-0.2, 0) is 9.47 Å². The molecule has 7 rings (SSSR count). The van der Waals surface area contributed by atoms with Crippen molar-refractivity contribution in [3.63, 3.8) is 0 Å². The number of carbonyl (C=O) groups is 1. The van der Waals surface area contributed by atoms with Gasteiger partial charge < -0.3 is 19.3 Å². The normalized spacial score (nSPS) is 45.1. The van der Waals surface area contributed by atoms with Crippen LogP contribution in [0.15, 0.2) is 24.5 Å². The summed E-state index contributed by atoms with van der Waals surface area (Å²) in [6, 6.07) is 4.08. The van der Waals surface area contributed by atoms with Gasteiger partial charge in [0.1, 0.15) is 0 Å². The molecule has 0 aromatic carbocycles. The van der Waals surface area contributed by atoms with Crippen molar-refractivity contribution in [1.82, 2.24) is 9.88 Å². The van der Waals surface area contributed by atoms with Gasteiger partial charge in [0.15, 0.2) is 0 Å². The molecule has 1 spiro atoms. The van der Waals surface area contributed by atoms with E-state index in [-0.39, 0.29) is 6.09 Å². The summed E-state index contributed by atoms with van der Waals surface area (Å²) in [5.41, 5.74) is 2.53. The first-order valence-corrected chi connectivity index (χ1v) is 15.9. The summed E-state index contributed by atoms with van der Waals surface area (Å²) >= 11 is 0. The topological polar surface area (TPSA) is 54.9 Å². The van der Waals surface area contributed by atoms with Crippen LogP contribution >= 0.6 is 0 Å². The predicted molar refractivity (Wildman–Crippen MR) is 152 cm³/mol. The van der Waals surface area contributed by atoms with E-state index in [1.807, 2.05) is 36.5 Å². The zero-order valence-corrected chi connectivity index (χ0v) is 24.6. The highest BCUT2D eigenvalue weighted by molar-refractivity contribution is 5.68. The maximum Gasteiger partial charge on any atom is 0.409 e. The van der Waals surface area contributed by atoms with E-state index in [9.17, 15) is 4.79 Å². The summed E-state index contributed by atoms with van der Waals surface area (Å²) in [6.45, 7) is 11.3.